The molecule has 4 rings (SSSR count). The molecule has 0 spiro atoms. The van der Waals surface area contributed by atoms with Crippen LogP contribution in [0.4, 0.5) is 10.1 Å². The fraction of sp³-hybridized carbons (Fsp3) is 0.630. The number of halogens is 1. The monoisotopic (exact) mass is 516 g/mol. The van der Waals surface area contributed by atoms with Crippen LogP contribution in [-0.4, -0.2) is 40.2 Å². The summed E-state index contributed by atoms with van der Waals surface area (Å²) in [6, 6.07) is 2.98. The van der Waals surface area contributed by atoms with E-state index in [1.165, 1.54) is 12.5 Å². The van der Waals surface area contributed by atoms with Crippen LogP contribution in [0.25, 0.3) is 10.9 Å². The van der Waals surface area contributed by atoms with Crippen molar-refractivity contribution in [3.8, 4) is 0 Å². The standard InChI is InChI=1S/C27H37FN4O5/c1-2-37-25(34)13-12-24(33)29-14-15-31-26(35)20-16-21(28)22(30-18-8-4-3-5-9-18)17-23(20)32(27(31)36)19-10-6-7-11-19/h16-19,30H,2-15H2,1H3,(H,29,33). The molecule has 0 bridgehead atoms. The summed E-state index contributed by atoms with van der Waals surface area (Å²) in [5.41, 5.74) is -0.230. The topological polar surface area (TPSA) is 111 Å². The van der Waals surface area contributed by atoms with E-state index in [0.717, 1.165) is 55.9 Å². The molecule has 2 aliphatic carbocycles. The molecule has 0 saturated heterocycles. The number of aromatic nitrogens is 2. The molecule has 2 N–H and O–H groups in total. The molecule has 1 aromatic heterocycles. The van der Waals surface area contributed by atoms with Crippen LogP contribution in [0.5, 0.6) is 0 Å². The van der Waals surface area contributed by atoms with Crippen LogP contribution >= 0.6 is 0 Å². The lowest BCUT2D eigenvalue weighted by molar-refractivity contribution is -0.144. The van der Waals surface area contributed by atoms with Gasteiger partial charge in [-0.05, 0) is 44.7 Å². The van der Waals surface area contributed by atoms with Gasteiger partial charge < -0.3 is 15.4 Å². The number of nitrogens with one attached hydrogen (secondary N) is 2. The van der Waals surface area contributed by atoms with Crippen LogP contribution in [0.3, 0.4) is 0 Å². The first-order valence-corrected chi connectivity index (χ1v) is 13.6. The third-order valence-electron chi connectivity index (χ3n) is 7.43. The minimum absolute atomic E-state index is 0.0385. The molecule has 0 aliphatic heterocycles. The van der Waals surface area contributed by atoms with E-state index in [4.69, 9.17) is 4.74 Å². The number of esters is 1. The SMILES string of the molecule is CCOC(=O)CCC(=O)NCCn1c(=O)c2cc(F)c(NC3CCCCC3)cc2n(C2CCCC2)c1=O. The van der Waals surface area contributed by atoms with Gasteiger partial charge >= 0.3 is 11.7 Å². The Balaban J connectivity index is 1.60. The van der Waals surface area contributed by atoms with Crippen molar-refractivity contribution in [3.63, 3.8) is 0 Å². The summed E-state index contributed by atoms with van der Waals surface area (Å²) < 4.78 is 22.7. The Kier molecular flexibility index (Phi) is 9.00. The zero-order valence-corrected chi connectivity index (χ0v) is 21.5. The average Bonchev–Trinajstić information content (AvgIpc) is 3.41. The highest BCUT2D eigenvalue weighted by atomic mass is 19.1. The van der Waals surface area contributed by atoms with Gasteiger partial charge in [-0.3, -0.25) is 23.5 Å². The molecule has 2 aromatic rings. The predicted molar refractivity (Wildman–Crippen MR) is 139 cm³/mol. The first-order valence-electron chi connectivity index (χ1n) is 13.6. The lowest BCUT2D eigenvalue weighted by Gasteiger charge is -2.25. The Bertz CT molecular complexity index is 1240. The Morgan fingerprint density at radius 2 is 1.73 bits per heavy atom. The average molecular weight is 517 g/mol. The Morgan fingerprint density at radius 1 is 1.03 bits per heavy atom. The van der Waals surface area contributed by atoms with E-state index in [2.05, 4.69) is 10.6 Å². The molecular weight excluding hydrogens is 479 g/mol. The number of ether oxygens (including phenoxy) is 1. The Morgan fingerprint density at radius 3 is 2.43 bits per heavy atom. The van der Waals surface area contributed by atoms with Gasteiger partial charge in [0.15, 0.2) is 0 Å². The molecule has 0 radical (unpaired) electrons. The lowest BCUT2D eigenvalue weighted by Crippen LogP contribution is -2.43. The molecule has 37 heavy (non-hydrogen) atoms. The number of rotatable bonds is 10. The highest BCUT2D eigenvalue weighted by molar-refractivity contribution is 5.83. The molecule has 2 fully saturated rings. The van der Waals surface area contributed by atoms with Crippen LogP contribution in [0.1, 0.15) is 83.6 Å². The number of hydrogen-bond acceptors (Lipinski definition) is 6. The summed E-state index contributed by atoms with van der Waals surface area (Å²) in [6.45, 7) is 1.93. The van der Waals surface area contributed by atoms with E-state index in [1.54, 1.807) is 17.6 Å². The van der Waals surface area contributed by atoms with Gasteiger partial charge in [-0.15, -0.1) is 0 Å². The van der Waals surface area contributed by atoms with Gasteiger partial charge in [0, 0.05) is 31.6 Å². The van der Waals surface area contributed by atoms with Gasteiger partial charge in [-0.2, -0.15) is 0 Å². The molecule has 1 aromatic carbocycles. The summed E-state index contributed by atoms with van der Waals surface area (Å²) in [7, 11) is 0. The number of anilines is 1. The second kappa shape index (κ2) is 12.4. The van der Waals surface area contributed by atoms with Gasteiger partial charge in [0.25, 0.3) is 5.56 Å². The van der Waals surface area contributed by atoms with Crippen molar-refractivity contribution in [1.82, 2.24) is 14.5 Å². The van der Waals surface area contributed by atoms with E-state index in [-0.39, 0.29) is 55.9 Å². The maximum Gasteiger partial charge on any atom is 0.331 e. The van der Waals surface area contributed by atoms with Gasteiger partial charge in [0.05, 0.1) is 29.6 Å². The van der Waals surface area contributed by atoms with Crippen molar-refractivity contribution in [2.75, 3.05) is 18.5 Å². The van der Waals surface area contributed by atoms with Crippen molar-refractivity contribution < 1.29 is 18.7 Å². The van der Waals surface area contributed by atoms with Crippen molar-refractivity contribution >= 4 is 28.5 Å². The molecule has 2 saturated carbocycles. The van der Waals surface area contributed by atoms with E-state index in [9.17, 15) is 19.2 Å². The van der Waals surface area contributed by atoms with E-state index >= 15 is 4.39 Å². The van der Waals surface area contributed by atoms with Crippen molar-refractivity contribution in [1.29, 1.82) is 0 Å². The molecule has 9 nitrogen and oxygen atoms in total. The second-order valence-corrected chi connectivity index (χ2v) is 10.0. The zero-order valence-electron chi connectivity index (χ0n) is 21.5. The largest absolute Gasteiger partial charge is 0.466 e. The number of hydrogen-bond donors (Lipinski definition) is 2. The third-order valence-corrected chi connectivity index (χ3v) is 7.43. The predicted octanol–water partition coefficient (Wildman–Crippen LogP) is 3.62. The van der Waals surface area contributed by atoms with Crippen LogP contribution in [0.15, 0.2) is 21.7 Å². The number of nitrogens with zero attached hydrogens (tertiary/aromatic N) is 2. The number of fused-ring (bicyclic) bond motifs is 1. The normalized spacial score (nSPS) is 16.7. The Hall–Kier alpha value is -3.17. The lowest BCUT2D eigenvalue weighted by atomic mass is 9.95. The van der Waals surface area contributed by atoms with Gasteiger partial charge in [-0.1, -0.05) is 32.1 Å². The molecule has 2 aliphatic rings. The van der Waals surface area contributed by atoms with Crippen LogP contribution in [0, 0.1) is 5.82 Å². The quantitative estimate of drug-likeness (QED) is 0.467. The maximum atomic E-state index is 15.2. The summed E-state index contributed by atoms with van der Waals surface area (Å²) >= 11 is 0. The molecule has 0 unspecified atom stereocenters. The highest BCUT2D eigenvalue weighted by Crippen LogP contribution is 2.32. The van der Waals surface area contributed by atoms with E-state index in [1.807, 2.05) is 0 Å². The fourth-order valence-corrected chi connectivity index (χ4v) is 5.53. The summed E-state index contributed by atoms with van der Waals surface area (Å²) in [6.07, 6.45) is 8.87. The third kappa shape index (κ3) is 6.40. The number of carbonyl (C=O) groups is 2. The van der Waals surface area contributed by atoms with Crippen LogP contribution in [0.2, 0.25) is 0 Å². The fourth-order valence-electron chi connectivity index (χ4n) is 5.53. The first-order chi connectivity index (χ1) is 17.9. The summed E-state index contributed by atoms with van der Waals surface area (Å²) in [5.74, 6) is -1.34. The summed E-state index contributed by atoms with van der Waals surface area (Å²) in [4.78, 5) is 50.5. The molecular formula is C27H37FN4O5. The van der Waals surface area contributed by atoms with Crippen molar-refractivity contribution in [3.05, 3.63) is 38.8 Å². The smallest absolute Gasteiger partial charge is 0.331 e. The molecule has 202 valence electrons. The number of benzene rings is 1. The van der Waals surface area contributed by atoms with Crippen LogP contribution in [-0.2, 0) is 20.9 Å². The summed E-state index contributed by atoms with van der Waals surface area (Å²) in [5, 5.41) is 6.11. The first kappa shape index (κ1) is 26.9. The van der Waals surface area contributed by atoms with Gasteiger partial charge in [0.1, 0.15) is 5.82 Å². The molecule has 10 heteroatoms. The zero-order chi connectivity index (χ0) is 26.4. The highest BCUT2D eigenvalue weighted by Gasteiger charge is 2.25. The van der Waals surface area contributed by atoms with E-state index < -0.39 is 23.0 Å². The van der Waals surface area contributed by atoms with E-state index in [0.29, 0.717) is 11.2 Å². The van der Waals surface area contributed by atoms with Gasteiger partial charge in [-0.25, -0.2) is 9.18 Å². The minimum atomic E-state index is -0.571. The Labute approximate surface area is 215 Å². The van der Waals surface area contributed by atoms with Gasteiger partial charge in [0.2, 0.25) is 5.91 Å². The van der Waals surface area contributed by atoms with Crippen molar-refractivity contribution in [2.45, 2.75) is 96.2 Å². The number of amides is 1. The minimum Gasteiger partial charge on any atom is -0.466 e. The van der Waals surface area contributed by atoms with Crippen molar-refractivity contribution in [2.24, 2.45) is 0 Å². The van der Waals surface area contributed by atoms with Crippen LogP contribution < -0.4 is 21.9 Å². The molecule has 0 atom stereocenters. The molecule has 1 heterocycles. The maximum absolute atomic E-state index is 15.2. The second-order valence-electron chi connectivity index (χ2n) is 10.0. The molecule has 1 amide bonds. The number of carbonyl (C=O) groups excluding carboxylic acids is 2.